The molecule has 0 saturated carbocycles. The number of carbonyl (C=O) groups excluding carboxylic acids is 1. The highest BCUT2D eigenvalue weighted by molar-refractivity contribution is 9.10. The third-order valence-electron chi connectivity index (χ3n) is 3.44. The Hall–Kier alpha value is -1.65. The lowest BCUT2D eigenvalue weighted by Crippen LogP contribution is -2.36. The first-order valence-electron chi connectivity index (χ1n) is 6.98. The van der Waals surface area contributed by atoms with Crippen molar-refractivity contribution in [2.75, 3.05) is 0 Å². The molecule has 2 unspecified atom stereocenters. The zero-order valence-electron chi connectivity index (χ0n) is 11.9. The van der Waals surface area contributed by atoms with Crippen LogP contribution in [0.5, 0.6) is 0 Å². The fraction of sp³-hybridized carbons (Fsp3) is 0.235. The van der Waals surface area contributed by atoms with Gasteiger partial charge in [0.2, 0.25) is 5.91 Å². The van der Waals surface area contributed by atoms with E-state index in [2.05, 4.69) is 21.2 Å². The summed E-state index contributed by atoms with van der Waals surface area (Å²) in [6, 6.07) is 16.7. The number of rotatable bonds is 5. The Balaban J connectivity index is 2.08. The second kappa shape index (κ2) is 7.38. The van der Waals surface area contributed by atoms with Crippen LogP contribution in [0.15, 0.2) is 59.1 Å². The van der Waals surface area contributed by atoms with Gasteiger partial charge in [-0.15, -0.1) is 0 Å². The van der Waals surface area contributed by atoms with Gasteiger partial charge in [0.1, 0.15) is 6.04 Å². The molecule has 0 aliphatic heterocycles. The number of hydrogen-bond donors (Lipinski definition) is 2. The number of nitrogens with one attached hydrogen (secondary N) is 1. The minimum absolute atomic E-state index is 0.0274. The van der Waals surface area contributed by atoms with E-state index in [-0.39, 0.29) is 11.9 Å². The van der Waals surface area contributed by atoms with Crippen molar-refractivity contribution in [3.8, 4) is 0 Å². The first-order valence-corrected chi connectivity index (χ1v) is 7.77. The quantitative estimate of drug-likeness (QED) is 0.866. The van der Waals surface area contributed by atoms with Gasteiger partial charge in [-0.2, -0.15) is 0 Å². The van der Waals surface area contributed by atoms with Gasteiger partial charge >= 0.3 is 0 Å². The molecule has 0 aromatic heterocycles. The van der Waals surface area contributed by atoms with E-state index < -0.39 is 6.04 Å². The second-order valence-electron chi connectivity index (χ2n) is 4.91. The van der Waals surface area contributed by atoms with E-state index in [0.29, 0.717) is 0 Å². The molecule has 0 fully saturated rings. The van der Waals surface area contributed by atoms with E-state index >= 15 is 0 Å². The SMILES string of the molecule is CCC(NC(=O)C(N)c1ccccc1)c1ccc(Br)cc1. The van der Waals surface area contributed by atoms with E-state index in [1.54, 1.807) is 0 Å². The first-order chi connectivity index (χ1) is 10.1. The molecule has 2 aromatic rings. The van der Waals surface area contributed by atoms with Gasteiger partial charge in [0.25, 0.3) is 0 Å². The molecule has 1 amide bonds. The summed E-state index contributed by atoms with van der Waals surface area (Å²) in [6.07, 6.45) is 0.814. The molecular formula is C17H19BrN2O. The van der Waals surface area contributed by atoms with Gasteiger partial charge in [-0.3, -0.25) is 4.79 Å². The Morgan fingerprint density at radius 1 is 1.10 bits per heavy atom. The second-order valence-corrected chi connectivity index (χ2v) is 5.83. The maximum absolute atomic E-state index is 12.3. The molecule has 2 aromatic carbocycles. The van der Waals surface area contributed by atoms with Crippen LogP contribution in [0.2, 0.25) is 0 Å². The van der Waals surface area contributed by atoms with Crippen molar-refractivity contribution in [2.45, 2.75) is 25.4 Å². The fourth-order valence-corrected chi connectivity index (χ4v) is 2.45. The van der Waals surface area contributed by atoms with Gasteiger partial charge in [0.05, 0.1) is 6.04 Å². The zero-order chi connectivity index (χ0) is 15.2. The van der Waals surface area contributed by atoms with Crippen LogP contribution < -0.4 is 11.1 Å². The summed E-state index contributed by atoms with van der Waals surface area (Å²) in [5.41, 5.74) is 7.92. The lowest BCUT2D eigenvalue weighted by molar-refractivity contribution is -0.123. The van der Waals surface area contributed by atoms with E-state index in [1.165, 1.54) is 0 Å². The molecule has 0 bridgehead atoms. The molecule has 21 heavy (non-hydrogen) atoms. The predicted molar refractivity (Wildman–Crippen MR) is 88.7 cm³/mol. The Morgan fingerprint density at radius 3 is 2.29 bits per heavy atom. The Kier molecular flexibility index (Phi) is 5.53. The van der Waals surface area contributed by atoms with Gasteiger partial charge in [-0.25, -0.2) is 0 Å². The van der Waals surface area contributed by atoms with Gasteiger partial charge in [0.15, 0.2) is 0 Å². The standard InChI is InChI=1S/C17H19BrN2O/c1-2-15(12-8-10-14(18)11-9-12)20-17(21)16(19)13-6-4-3-5-7-13/h3-11,15-16H,2,19H2,1H3,(H,20,21). The molecule has 0 radical (unpaired) electrons. The summed E-state index contributed by atoms with van der Waals surface area (Å²) < 4.78 is 1.02. The fourth-order valence-electron chi connectivity index (χ4n) is 2.19. The first kappa shape index (κ1) is 15.7. The number of halogens is 1. The number of carbonyl (C=O) groups is 1. The van der Waals surface area contributed by atoms with Crippen LogP contribution >= 0.6 is 15.9 Å². The van der Waals surface area contributed by atoms with Crippen LogP contribution in [0.3, 0.4) is 0 Å². The molecule has 0 saturated heterocycles. The summed E-state index contributed by atoms with van der Waals surface area (Å²) in [5.74, 6) is -0.157. The van der Waals surface area contributed by atoms with E-state index in [9.17, 15) is 4.79 Å². The summed E-state index contributed by atoms with van der Waals surface area (Å²) >= 11 is 3.41. The van der Waals surface area contributed by atoms with E-state index in [1.807, 2.05) is 61.5 Å². The molecule has 0 spiro atoms. The third-order valence-corrected chi connectivity index (χ3v) is 3.97. The smallest absolute Gasteiger partial charge is 0.241 e. The number of amides is 1. The largest absolute Gasteiger partial charge is 0.348 e. The van der Waals surface area contributed by atoms with E-state index in [0.717, 1.165) is 22.0 Å². The number of benzene rings is 2. The van der Waals surface area contributed by atoms with Crippen LogP contribution in [-0.2, 0) is 4.79 Å². The van der Waals surface area contributed by atoms with Crippen LogP contribution in [0.25, 0.3) is 0 Å². The minimum atomic E-state index is -0.643. The highest BCUT2D eigenvalue weighted by atomic mass is 79.9. The molecule has 2 rings (SSSR count). The minimum Gasteiger partial charge on any atom is -0.348 e. The van der Waals surface area contributed by atoms with Crippen molar-refractivity contribution in [3.05, 3.63) is 70.2 Å². The molecular weight excluding hydrogens is 328 g/mol. The van der Waals surface area contributed by atoms with Crippen molar-refractivity contribution in [1.29, 1.82) is 0 Å². The van der Waals surface area contributed by atoms with Crippen LogP contribution in [0.1, 0.15) is 36.6 Å². The average Bonchev–Trinajstić information content (AvgIpc) is 2.53. The van der Waals surface area contributed by atoms with Crippen molar-refractivity contribution in [1.82, 2.24) is 5.32 Å². The molecule has 0 aliphatic rings. The summed E-state index contributed by atoms with van der Waals surface area (Å²) in [5, 5.41) is 3.02. The summed E-state index contributed by atoms with van der Waals surface area (Å²) in [6.45, 7) is 2.04. The lowest BCUT2D eigenvalue weighted by atomic mass is 10.0. The predicted octanol–water partition coefficient (Wildman–Crippen LogP) is 3.72. The Bertz CT molecular complexity index is 583. The Labute approximate surface area is 133 Å². The molecule has 2 atom stereocenters. The molecule has 0 aliphatic carbocycles. The Morgan fingerprint density at radius 2 is 1.71 bits per heavy atom. The summed E-state index contributed by atoms with van der Waals surface area (Å²) in [4.78, 5) is 12.3. The average molecular weight is 347 g/mol. The zero-order valence-corrected chi connectivity index (χ0v) is 13.5. The van der Waals surface area contributed by atoms with E-state index in [4.69, 9.17) is 5.73 Å². The molecule has 0 heterocycles. The summed E-state index contributed by atoms with van der Waals surface area (Å²) in [7, 11) is 0. The molecule has 4 heteroatoms. The molecule has 3 nitrogen and oxygen atoms in total. The third kappa shape index (κ3) is 4.16. The number of hydrogen-bond acceptors (Lipinski definition) is 2. The topological polar surface area (TPSA) is 55.1 Å². The molecule has 3 N–H and O–H groups in total. The van der Waals surface area contributed by atoms with Crippen LogP contribution in [0, 0.1) is 0 Å². The van der Waals surface area contributed by atoms with Gasteiger partial charge in [-0.05, 0) is 29.7 Å². The van der Waals surface area contributed by atoms with Crippen molar-refractivity contribution in [3.63, 3.8) is 0 Å². The van der Waals surface area contributed by atoms with Crippen molar-refractivity contribution >= 4 is 21.8 Å². The van der Waals surface area contributed by atoms with Crippen molar-refractivity contribution in [2.24, 2.45) is 5.73 Å². The van der Waals surface area contributed by atoms with Crippen molar-refractivity contribution < 1.29 is 4.79 Å². The lowest BCUT2D eigenvalue weighted by Gasteiger charge is -2.20. The van der Waals surface area contributed by atoms with Crippen LogP contribution in [0.4, 0.5) is 0 Å². The monoisotopic (exact) mass is 346 g/mol. The highest BCUT2D eigenvalue weighted by Crippen LogP contribution is 2.20. The van der Waals surface area contributed by atoms with Gasteiger partial charge < -0.3 is 11.1 Å². The highest BCUT2D eigenvalue weighted by Gasteiger charge is 2.19. The van der Waals surface area contributed by atoms with Crippen LogP contribution in [-0.4, -0.2) is 5.91 Å². The normalized spacial score (nSPS) is 13.5. The van der Waals surface area contributed by atoms with Gasteiger partial charge in [-0.1, -0.05) is 65.3 Å². The number of nitrogens with two attached hydrogens (primary N) is 1. The van der Waals surface area contributed by atoms with Gasteiger partial charge in [0, 0.05) is 4.47 Å². The maximum atomic E-state index is 12.3. The maximum Gasteiger partial charge on any atom is 0.241 e. The molecule has 110 valence electrons.